The van der Waals surface area contributed by atoms with Gasteiger partial charge in [0, 0.05) is 10.9 Å². The lowest BCUT2D eigenvalue weighted by molar-refractivity contribution is -0.121. The summed E-state index contributed by atoms with van der Waals surface area (Å²) in [6.45, 7) is 2.09. The summed E-state index contributed by atoms with van der Waals surface area (Å²) < 4.78 is 1.06. The largest absolute Gasteiger partial charge is 0.349 e. The van der Waals surface area contributed by atoms with Crippen molar-refractivity contribution in [2.24, 2.45) is 0 Å². The number of thiophene rings is 1. The van der Waals surface area contributed by atoms with E-state index in [1.807, 2.05) is 17.5 Å². The minimum atomic E-state index is 0.0954. The minimum absolute atomic E-state index is 0.0954. The summed E-state index contributed by atoms with van der Waals surface area (Å²) in [5.74, 6) is 0.117. The van der Waals surface area contributed by atoms with Gasteiger partial charge in [-0.15, -0.1) is 0 Å². The van der Waals surface area contributed by atoms with Crippen LogP contribution in [-0.4, -0.2) is 5.91 Å². The van der Waals surface area contributed by atoms with Gasteiger partial charge >= 0.3 is 0 Å². The van der Waals surface area contributed by atoms with Gasteiger partial charge in [0.05, 0.1) is 6.04 Å². The zero-order valence-corrected chi connectivity index (χ0v) is 13.8. The molecule has 2 rings (SSSR count). The summed E-state index contributed by atoms with van der Waals surface area (Å²) in [4.78, 5) is 12.0. The molecule has 0 aliphatic rings. The van der Waals surface area contributed by atoms with Crippen molar-refractivity contribution in [2.45, 2.75) is 32.2 Å². The van der Waals surface area contributed by atoms with Gasteiger partial charge in [-0.25, -0.2) is 0 Å². The first-order chi connectivity index (χ1) is 9.69. The van der Waals surface area contributed by atoms with Gasteiger partial charge in [0.1, 0.15) is 0 Å². The van der Waals surface area contributed by atoms with Crippen molar-refractivity contribution in [3.63, 3.8) is 0 Å². The van der Waals surface area contributed by atoms with Crippen molar-refractivity contribution in [2.75, 3.05) is 0 Å². The molecule has 0 spiro atoms. The molecule has 0 saturated carbocycles. The summed E-state index contributed by atoms with van der Waals surface area (Å²) in [6, 6.07) is 10.3. The molecule has 0 bridgehead atoms. The molecule has 1 N–H and O–H groups in total. The first-order valence-electron chi connectivity index (χ1n) is 6.75. The number of amides is 1. The Kier molecular flexibility index (Phi) is 5.80. The van der Waals surface area contributed by atoms with E-state index in [2.05, 4.69) is 51.7 Å². The number of rotatable bonds is 6. The third-order valence-electron chi connectivity index (χ3n) is 3.24. The van der Waals surface area contributed by atoms with E-state index >= 15 is 0 Å². The molecule has 1 aromatic heterocycles. The summed E-state index contributed by atoms with van der Waals surface area (Å²) in [6.07, 6.45) is 2.25. The standard InChI is InChI=1S/C16H18BrNOS/c1-2-15(13-4-6-14(17)7-5-13)18-16(19)8-3-12-9-10-20-11-12/h4-7,9-11,15H,2-3,8H2,1H3,(H,18,19). The molecule has 1 unspecified atom stereocenters. The average molecular weight is 352 g/mol. The highest BCUT2D eigenvalue weighted by Gasteiger charge is 2.12. The fraction of sp³-hybridized carbons (Fsp3) is 0.312. The third-order valence-corrected chi connectivity index (χ3v) is 4.50. The van der Waals surface area contributed by atoms with Crippen LogP contribution in [0.2, 0.25) is 0 Å². The van der Waals surface area contributed by atoms with E-state index in [9.17, 15) is 4.79 Å². The fourth-order valence-electron chi connectivity index (χ4n) is 2.08. The van der Waals surface area contributed by atoms with Crippen molar-refractivity contribution in [3.8, 4) is 0 Å². The zero-order chi connectivity index (χ0) is 14.4. The van der Waals surface area contributed by atoms with Crippen molar-refractivity contribution in [3.05, 3.63) is 56.7 Å². The fourth-order valence-corrected chi connectivity index (χ4v) is 3.04. The van der Waals surface area contributed by atoms with E-state index in [0.29, 0.717) is 6.42 Å². The smallest absolute Gasteiger partial charge is 0.220 e. The molecule has 4 heteroatoms. The van der Waals surface area contributed by atoms with Gasteiger partial charge in [0.2, 0.25) is 5.91 Å². The second kappa shape index (κ2) is 7.60. The average Bonchev–Trinajstić information content (AvgIpc) is 2.97. The normalized spacial score (nSPS) is 12.1. The molecule has 1 heterocycles. The number of hydrogen-bond donors (Lipinski definition) is 1. The van der Waals surface area contributed by atoms with Crippen LogP contribution in [-0.2, 0) is 11.2 Å². The number of hydrogen-bond acceptors (Lipinski definition) is 2. The Labute approximate surface area is 132 Å². The Morgan fingerprint density at radius 2 is 2.05 bits per heavy atom. The van der Waals surface area contributed by atoms with Crippen LogP contribution in [0, 0.1) is 0 Å². The summed E-state index contributed by atoms with van der Waals surface area (Å²) >= 11 is 5.10. The van der Waals surface area contributed by atoms with Crippen LogP contribution in [0.3, 0.4) is 0 Å². The molecular formula is C16H18BrNOS. The zero-order valence-electron chi connectivity index (χ0n) is 11.4. The Bertz CT molecular complexity index is 536. The van der Waals surface area contributed by atoms with Gasteiger partial charge in [0.25, 0.3) is 0 Å². The van der Waals surface area contributed by atoms with Gasteiger partial charge in [-0.3, -0.25) is 4.79 Å². The van der Waals surface area contributed by atoms with Gasteiger partial charge in [-0.1, -0.05) is 35.0 Å². The Morgan fingerprint density at radius 1 is 1.30 bits per heavy atom. The highest BCUT2D eigenvalue weighted by atomic mass is 79.9. The SMILES string of the molecule is CCC(NC(=O)CCc1ccsc1)c1ccc(Br)cc1. The maximum Gasteiger partial charge on any atom is 0.220 e. The van der Waals surface area contributed by atoms with Gasteiger partial charge in [-0.2, -0.15) is 11.3 Å². The van der Waals surface area contributed by atoms with Crippen molar-refractivity contribution >= 4 is 33.2 Å². The molecule has 0 aliphatic heterocycles. The van der Waals surface area contributed by atoms with Crippen molar-refractivity contribution in [1.29, 1.82) is 0 Å². The predicted molar refractivity (Wildman–Crippen MR) is 88.0 cm³/mol. The van der Waals surface area contributed by atoms with Gasteiger partial charge in [-0.05, 0) is 52.9 Å². The topological polar surface area (TPSA) is 29.1 Å². The molecule has 1 atom stereocenters. The van der Waals surface area contributed by atoms with E-state index in [1.165, 1.54) is 5.56 Å². The van der Waals surface area contributed by atoms with Crippen LogP contribution in [0.25, 0.3) is 0 Å². The summed E-state index contributed by atoms with van der Waals surface area (Å²) in [5, 5.41) is 7.26. The maximum atomic E-state index is 12.0. The Hall–Kier alpha value is -1.13. The van der Waals surface area contributed by atoms with Crippen LogP contribution in [0.4, 0.5) is 0 Å². The van der Waals surface area contributed by atoms with E-state index in [4.69, 9.17) is 0 Å². The molecule has 0 fully saturated rings. The molecule has 1 aromatic carbocycles. The number of carbonyl (C=O) groups excluding carboxylic acids is 1. The first kappa shape index (κ1) is 15.3. The quantitative estimate of drug-likeness (QED) is 0.801. The molecule has 0 radical (unpaired) electrons. The van der Waals surface area contributed by atoms with Crippen LogP contribution in [0.1, 0.15) is 36.9 Å². The Morgan fingerprint density at radius 3 is 2.65 bits per heavy atom. The third kappa shape index (κ3) is 4.46. The predicted octanol–water partition coefficient (Wildman–Crippen LogP) is 4.71. The number of carbonyl (C=O) groups is 1. The lowest BCUT2D eigenvalue weighted by Crippen LogP contribution is -2.28. The van der Waals surface area contributed by atoms with E-state index in [1.54, 1.807) is 11.3 Å². The summed E-state index contributed by atoms with van der Waals surface area (Å²) in [5.41, 5.74) is 2.39. The number of benzene rings is 1. The second-order valence-electron chi connectivity index (χ2n) is 4.71. The van der Waals surface area contributed by atoms with Gasteiger partial charge in [0.15, 0.2) is 0 Å². The van der Waals surface area contributed by atoms with Gasteiger partial charge < -0.3 is 5.32 Å². The van der Waals surface area contributed by atoms with Crippen LogP contribution in [0.5, 0.6) is 0 Å². The maximum absolute atomic E-state index is 12.0. The number of aryl methyl sites for hydroxylation is 1. The summed E-state index contributed by atoms with van der Waals surface area (Å²) in [7, 11) is 0. The highest BCUT2D eigenvalue weighted by Crippen LogP contribution is 2.19. The highest BCUT2D eigenvalue weighted by molar-refractivity contribution is 9.10. The van der Waals surface area contributed by atoms with E-state index in [-0.39, 0.29) is 11.9 Å². The lowest BCUT2D eigenvalue weighted by Gasteiger charge is -2.17. The Balaban J connectivity index is 1.89. The molecule has 2 aromatic rings. The van der Waals surface area contributed by atoms with E-state index in [0.717, 1.165) is 22.9 Å². The lowest BCUT2D eigenvalue weighted by atomic mass is 10.0. The minimum Gasteiger partial charge on any atom is -0.349 e. The monoisotopic (exact) mass is 351 g/mol. The van der Waals surface area contributed by atoms with Crippen LogP contribution < -0.4 is 5.32 Å². The molecule has 0 saturated heterocycles. The van der Waals surface area contributed by atoms with Crippen LogP contribution >= 0.6 is 27.3 Å². The number of halogens is 1. The second-order valence-corrected chi connectivity index (χ2v) is 6.41. The van der Waals surface area contributed by atoms with Crippen molar-refractivity contribution < 1.29 is 4.79 Å². The first-order valence-corrected chi connectivity index (χ1v) is 8.48. The molecular weight excluding hydrogens is 334 g/mol. The van der Waals surface area contributed by atoms with E-state index < -0.39 is 0 Å². The molecule has 1 amide bonds. The molecule has 2 nitrogen and oxygen atoms in total. The molecule has 106 valence electrons. The number of nitrogens with one attached hydrogen (secondary N) is 1. The van der Waals surface area contributed by atoms with Crippen molar-refractivity contribution in [1.82, 2.24) is 5.32 Å². The molecule has 20 heavy (non-hydrogen) atoms. The molecule has 0 aliphatic carbocycles. The van der Waals surface area contributed by atoms with Crippen LogP contribution in [0.15, 0.2) is 45.6 Å².